The van der Waals surface area contributed by atoms with E-state index in [0.717, 1.165) is 0 Å². The van der Waals surface area contributed by atoms with Gasteiger partial charge in [0.2, 0.25) is 0 Å². The fourth-order valence-corrected chi connectivity index (χ4v) is 3.80. The Labute approximate surface area is 113 Å². The minimum atomic E-state index is 0.465. The predicted octanol–water partition coefficient (Wildman–Crippen LogP) is 1.79. The maximum atomic E-state index is 3.56. The molecule has 2 aliphatic rings. The van der Waals surface area contributed by atoms with E-state index in [1.165, 1.54) is 58.3 Å². The van der Waals surface area contributed by atoms with Gasteiger partial charge in [0.15, 0.2) is 0 Å². The normalized spacial score (nSPS) is 31.7. The van der Waals surface area contributed by atoms with Crippen LogP contribution in [0, 0.1) is 5.41 Å². The van der Waals surface area contributed by atoms with Gasteiger partial charge in [0.05, 0.1) is 0 Å². The van der Waals surface area contributed by atoms with Crippen LogP contribution in [0.1, 0.15) is 39.0 Å². The van der Waals surface area contributed by atoms with Crippen molar-refractivity contribution in [2.24, 2.45) is 5.41 Å². The molecule has 0 amide bonds. The van der Waals surface area contributed by atoms with Crippen molar-refractivity contribution in [1.29, 1.82) is 0 Å². The quantitative estimate of drug-likeness (QED) is 0.806. The molecule has 106 valence electrons. The average molecular weight is 253 g/mol. The van der Waals surface area contributed by atoms with Crippen LogP contribution in [0.5, 0.6) is 0 Å². The predicted molar refractivity (Wildman–Crippen MR) is 78.0 cm³/mol. The van der Waals surface area contributed by atoms with E-state index >= 15 is 0 Å². The Hall–Kier alpha value is -0.120. The molecule has 1 heterocycles. The van der Waals surface area contributed by atoms with Gasteiger partial charge in [-0.3, -0.25) is 0 Å². The number of piperidine rings is 1. The van der Waals surface area contributed by atoms with Gasteiger partial charge in [0.25, 0.3) is 0 Å². The van der Waals surface area contributed by atoms with Crippen LogP contribution in [0.2, 0.25) is 0 Å². The summed E-state index contributed by atoms with van der Waals surface area (Å²) >= 11 is 0. The van der Waals surface area contributed by atoms with Crippen molar-refractivity contribution in [3.05, 3.63) is 0 Å². The van der Waals surface area contributed by atoms with Gasteiger partial charge in [0, 0.05) is 25.2 Å². The second-order valence-electron chi connectivity index (χ2n) is 7.24. The zero-order valence-electron chi connectivity index (χ0n) is 12.8. The number of rotatable bonds is 5. The van der Waals surface area contributed by atoms with Crippen molar-refractivity contribution in [2.45, 2.75) is 44.6 Å². The molecule has 18 heavy (non-hydrogen) atoms. The smallest absolute Gasteiger partial charge is 0.0330 e. The van der Waals surface area contributed by atoms with E-state index in [0.29, 0.717) is 11.0 Å². The van der Waals surface area contributed by atoms with Crippen LogP contribution in [0.15, 0.2) is 0 Å². The van der Waals surface area contributed by atoms with Gasteiger partial charge in [-0.05, 0) is 65.2 Å². The van der Waals surface area contributed by atoms with Crippen molar-refractivity contribution in [1.82, 2.24) is 15.1 Å². The summed E-state index contributed by atoms with van der Waals surface area (Å²) in [6.45, 7) is 7.30. The molecule has 1 aliphatic heterocycles. The maximum absolute atomic E-state index is 3.56. The number of hydrogen-bond donors (Lipinski definition) is 1. The fraction of sp³-hybridized carbons (Fsp3) is 1.00. The Morgan fingerprint density at radius 1 is 1.00 bits per heavy atom. The third-order valence-corrected chi connectivity index (χ3v) is 5.13. The average Bonchev–Trinajstić information content (AvgIpc) is 2.23. The van der Waals surface area contributed by atoms with E-state index in [1.54, 1.807) is 0 Å². The zero-order chi connectivity index (χ0) is 13.2. The monoisotopic (exact) mass is 253 g/mol. The highest BCUT2D eigenvalue weighted by molar-refractivity contribution is 4.98. The minimum absolute atomic E-state index is 0.465. The molecule has 1 saturated heterocycles. The SMILES string of the molecule is CN(CC1(C)CCCNC1)CC1(N(C)C)CCC1. The molecule has 0 bridgehead atoms. The summed E-state index contributed by atoms with van der Waals surface area (Å²) in [5, 5.41) is 3.56. The first-order valence-electron chi connectivity index (χ1n) is 7.53. The number of hydrogen-bond acceptors (Lipinski definition) is 3. The summed E-state index contributed by atoms with van der Waals surface area (Å²) in [7, 11) is 6.80. The lowest BCUT2D eigenvalue weighted by atomic mass is 9.74. The fourth-order valence-electron chi connectivity index (χ4n) is 3.80. The molecule has 1 aliphatic carbocycles. The van der Waals surface area contributed by atoms with Crippen molar-refractivity contribution < 1.29 is 0 Å². The van der Waals surface area contributed by atoms with Crippen LogP contribution in [0.3, 0.4) is 0 Å². The van der Waals surface area contributed by atoms with Gasteiger partial charge in [0.1, 0.15) is 0 Å². The molecule has 3 nitrogen and oxygen atoms in total. The first-order valence-corrected chi connectivity index (χ1v) is 7.53. The van der Waals surface area contributed by atoms with Crippen LogP contribution in [0.25, 0.3) is 0 Å². The molecule has 1 atom stereocenters. The highest BCUT2D eigenvalue weighted by Crippen LogP contribution is 2.37. The summed E-state index contributed by atoms with van der Waals surface area (Å²) in [5.41, 5.74) is 0.942. The van der Waals surface area contributed by atoms with Gasteiger partial charge in [-0.2, -0.15) is 0 Å². The van der Waals surface area contributed by atoms with E-state index in [-0.39, 0.29) is 0 Å². The van der Waals surface area contributed by atoms with Crippen LogP contribution < -0.4 is 5.32 Å². The molecular formula is C15H31N3. The molecule has 0 aromatic heterocycles. The summed E-state index contributed by atoms with van der Waals surface area (Å²) in [6.07, 6.45) is 6.87. The van der Waals surface area contributed by atoms with E-state index < -0.39 is 0 Å². The minimum Gasteiger partial charge on any atom is -0.316 e. The molecule has 1 saturated carbocycles. The maximum Gasteiger partial charge on any atom is 0.0330 e. The largest absolute Gasteiger partial charge is 0.316 e. The lowest BCUT2D eigenvalue weighted by Crippen LogP contribution is -2.58. The lowest BCUT2D eigenvalue weighted by Gasteiger charge is -2.50. The van der Waals surface area contributed by atoms with Crippen LogP contribution in [0.4, 0.5) is 0 Å². The Morgan fingerprint density at radius 2 is 1.72 bits per heavy atom. The van der Waals surface area contributed by atoms with E-state index in [4.69, 9.17) is 0 Å². The molecule has 2 rings (SSSR count). The summed E-state index contributed by atoms with van der Waals surface area (Å²) < 4.78 is 0. The molecule has 0 aromatic rings. The molecule has 2 fully saturated rings. The Balaban J connectivity index is 1.86. The van der Waals surface area contributed by atoms with Crippen molar-refractivity contribution in [2.75, 3.05) is 47.3 Å². The standard InChI is InChI=1S/C15H31N3/c1-14(7-6-10-16-11-14)12-18(4)13-15(17(2)3)8-5-9-15/h16H,5-13H2,1-4H3. The lowest BCUT2D eigenvalue weighted by molar-refractivity contribution is 0.0147. The number of nitrogens with one attached hydrogen (secondary N) is 1. The van der Waals surface area contributed by atoms with Crippen LogP contribution >= 0.6 is 0 Å². The third-order valence-electron chi connectivity index (χ3n) is 5.13. The number of likely N-dealkylation sites (N-methyl/N-ethyl adjacent to an activating group) is 2. The zero-order valence-corrected chi connectivity index (χ0v) is 12.8. The second-order valence-corrected chi connectivity index (χ2v) is 7.24. The van der Waals surface area contributed by atoms with E-state index in [1.807, 2.05) is 0 Å². The van der Waals surface area contributed by atoms with Crippen LogP contribution in [-0.2, 0) is 0 Å². The van der Waals surface area contributed by atoms with E-state index in [2.05, 4.69) is 43.2 Å². The van der Waals surface area contributed by atoms with Gasteiger partial charge < -0.3 is 15.1 Å². The Morgan fingerprint density at radius 3 is 2.17 bits per heavy atom. The third kappa shape index (κ3) is 3.06. The van der Waals surface area contributed by atoms with Gasteiger partial charge in [-0.15, -0.1) is 0 Å². The number of nitrogens with zero attached hydrogens (tertiary/aromatic N) is 2. The topological polar surface area (TPSA) is 18.5 Å². The molecule has 0 spiro atoms. The highest BCUT2D eigenvalue weighted by atomic mass is 15.2. The van der Waals surface area contributed by atoms with Crippen molar-refractivity contribution in [3.8, 4) is 0 Å². The Bertz CT molecular complexity index is 265. The Kier molecular flexibility index (Phi) is 4.35. The first kappa shape index (κ1) is 14.3. The van der Waals surface area contributed by atoms with Gasteiger partial charge in [-0.1, -0.05) is 6.92 Å². The molecule has 0 radical (unpaired) electrons. The van der Waals surface area contributed by atoms with Crippen LogP contribution in [-0.4, -0.2) is 62.7 Å². The van der Waals surface area contributed by atoms with Crippen molar-refractivity contribution >= 4 is 0 Å². The first-order chi connectivity index (χ1) is 8.46. The second kappa shape index (κ2) is 5.48. The summed E-state index contributed by atoms with van der Waals surface area (Å²) in [4.78, 5) is 5.03. The molecule has 0 aromatic carbocycles. The highest BCUT2D eigenvalue weighted by Gasteiger charge is 2.40. The molecule has 3 heteroatoms. The van der Waals surface area contributed by atoms with Crippen molar-refractivity contribution in [3.63, 3.8) is 0 Å². The van der Waals surface area contributed by atoms with E-state index in [9.17, 15) is 0 Å². The molecule has 1 unspecified atom stereocenters. The summed E-state index contributed by atoms with van der Waals surface area (Å²) in [5.74, 6) is 0. The summed E-state index contributed by atoms with van der Waals surface area (Å²) in [6, 6.07) is 0. The van der Waals surface area contributed by atoms with Gasteiger partial charge in [-0.25, -0.2) is 0 Å². The molecular weight excluding hydrogens is 222 g/mol. The molecule has 1 N–H and O–H groups in total. The van der Waals surface area contributed by atoms with Gasteiger partial charge >= 0.3 is 0 Å².